The number of hydrogen-bond acceptors (Lipinski definition) is 7. The number of nitrogens with zero attached hydrogens (tertiary/aromatic N) is 5. The number of anilines is 1. The Kier molecular flexibility index (Phi) is 5.41. The maximum Gasteiger partial charge on any atom is 0.229 e. The van der Waals surface area contributed by atoms with Gasteiger partial charge in [0.2, 0.25) is 11.8 Å². The molecule has 2 saturated heterocycles. The highest BCUT2D eigenvalue weighted by molar-refractivity contribution is 7.21. The second-order valence-electron chi connectivity index (χ2n) is 8.06. The van der Waals surface area contributed by atoms with Gasteiger partial charge in [-0.3, -0.25) is 19.4 Å². The van der Waals surface area contributed by atoms with Crippen LogP contribution in [0.3, 0.4) is 0 Å². The number of rotatable bonds is 5. The number of amides is 2. The van der Waals surface area contributed by atoms with Crippen molar-refractivity contribution in [2.24, 2.45) is 0 Å². The molecule has 31 heavy (non-hydrogen) atoms. The number of fused-ring (bicyclic) bond motifs is 1. The van der Waals surface area contributed by atoms with Crippen LogP contribution < -0.4 is 4.90 Å². The maximum atomic E-state index is 11.8. The minimum absolute atomic E-state index is 0.0332. The van der Waals surface area contributed by atoms with Crippen molar-refractivity contribution >= 4 is 39.2 Å². The highest BCUT2D eigenvalue weighted by Gasteiger charge is 2.29. The average Bonchev–Trinajstić information content (AvgIpc) is 3.36. The molecule has 2 amide bonds. The molecular weight excluding hydrogens is 410 g/mol. The summed E-state index contributed by atoms with van der Waals surface area (Å²) < 4.78 is 0. The lowest BCUT2D eigenvalue weighted by molar-refractivity contribution is -0.138. The first kappa shape index (κ1) is 20.1. The number of aromatic nitrogens is 2. The SMILES string of the molecule is Cc1nc(N2CCN(CCN3C(=O)CCC3=O)CC2)c2cc(-c3ccccc3)sc2n1. The van der Waals surface area contributed by atoms with Gasteiger partial charge >= 0.3 is 0 Å². The molecule has 0 spiro atoms. The van der Waals surface area contributed by atoms with Crippen LogP contribution in [0.2, 0.25) is 0 Å². The Balaban J connectivity index is 1.30. The fourth-order valence-corrected chi connectivity index (χ4v) is 5.37. The van der Waals surface area contributed by atoms with Crippen molar-refractivity contribution in [3.8, 4) is 10.4 Å². The molecule has 2 fully saturated rings. The summed E-state index contributed by atoms with van der Waals surface area (Å²) in [5.74, 6) is 1.73. The lowest BCUT2D eigenvalue weighted by Gasteiger charge is -2.36. The summed E-state index contributed by atoms with van der Waals surface area (Å²) in [5.41, 5.74) is 1.20. The molecule has 2 aliphatic rings. The minimum Gasteiger partial charge on any atom is -0.353 e. The van der Waals surface area contributed by atoms with E-state index in [0.717, 1.165) is 54.6 Å². The van der Waals surface area contributed by atoms with Crippen LogP contribution in [0.5, 0.6) is 0 Å². The van der Waals surface area contributed by atoms with Crippen LogP contribution >= 0.6 is 11.3 Å². The number of imide groups is 1. The van der Waals surface area contributed by atoms with E-state index in [1.807, 2.05) is 13.0 Å². The molecule has 0 atom stereocenters. The predicted molar refractivity (Wildman–Crippen MR) is 122 cm³/mol. The molecule has 4 heterocycles. The van der Waals surface area contributed by atoms with Gasteiger partial charge in [0.25, 0.3) is 0 Å². The molecule has 0 N–H and O–H groups in total. The summed E-state index contributed by atoms with van der Waals surface area (Å²) in [7, 11) is 0. The third kappa shape index (κ3) is 4.05. The van der Waals surface area contributed by atoms with Crippen LogP contribution in [0.15, 0.2) is 36.4 Å². The van der Waals surface area contributed by atoms with Gasteiger partial charge in [-0.15, -0.1) is 11.3 Å². The molecule has 1 aromatic carbocycles. The fraction of sp³-hybridized carbons (Fsp3) is 0.391. The maximum absolute atomic E-state index is 11.8. The van der Waals surface area contributed by atoms with Gasteiger partial charge < -0.3 is 4.90 Å². The molecule has 0 saturated carbocycles. The number of hydrogen-bond donors (Lipinski definition) is 0. The Hall–Kier alpha value is -2.84. The zero-order valence-electron chi connectivity index (χ0n) is 17.6. The van der Waals surface area contributed by atoms with E-state index in [1.165, 1.54) is 15.3 Å². The first-order valence-corrected chi connectivity index (χ1v) is 11.5. The van der Waals surface area contributed by atoms with E-state index in [2.05, 4.69) is 45.1 Å². The molecule has 8 heteroatoms. The highest BCUT2D eigenvalue weighted by Crippen LogP contribution is 2.36. The second-order valence-corrected chi connectivity index (χ2v) is 9.09. The summed E-state index contributed by atoms with van der Waals surface area (Å²) in [5, 5.41) is 1.11. The van der Waals surface area contributed by atoms with Crippen molar-refractivity contribution in [2.45, 2.75) is 19.8 Å². The van der Waals surface area contributed by atoms with Crippen LogP contribution in [0.1, 0.15) is 18.7 Å². The second kappa shape index (κ2) is 8.36. The molecule has 0 unspecified atom stereocenters. The molecule has 0 radical (unpaired) electrons. The molecule has 160 valence electrons. The largest absolute Gasteiger partial charge is 0.353 e. The number of benzene rings is 1. The molecular formula is C23H25N5O2S. The summed E-state index contributed by atoms with van der Waals surface area (Å²) in [4.78, 5) is 41.4. The van der Waals surface area contributed by atoms with Gasteiger partial charge in [0.1, 0.15) is 16.5 Å². The third-order valence-corrected chi connectivity index (χ3v) is 7.09. The number of likely N-dealkylation sites (tertiary alicyclic amines) is 1. The van der Waals surface area contributed by atoms with E-state index >= 15 is 0 Å². The zero-order valence-corrected chi connectivity index (χ0v) is 18.4. The molecule has 7 nitrogen and oxygen atoms in total. The van der Waals surface area contributed by atoms with Crippen molar-refractivity contribution in [1.29, 1.82) is 0 Å². The van der Waals surface area contributed by atoms with E-state index in [0.29, 0.717) is 19.4 Å². The van der Waals surface area contributed by atoms with Gasteiger partial charge in [-0.05, 0) is 18.6 Å². The topological polar surface area (TPSA) is 69.6 Å². The monoisotopic (exact) mass is 435 g/mol. The Morgan fingerprint density at radius 2 is 1.65 bits per heavy atom. The smallest absolute Gasteiger partial charge is 0.229 e. The van der Waals surface area contributed by atoms with Crippen LogP contribution in [0.25, 0.3) is 20.7 Å². The van der Waals surface area contributed by atoms with Gasteiger partial charge in [0.15, 0.2) is 0 Å². The summed E-state index contributed by atoms with van der Waals surface area (Å²) in [6.45, 7) is 6.69. The van der Waals surface area contributed by atoms with E-state index < -0.39 is 0 Å². The molecule has 0 bridgehead atoms. The van der Waals surface area contributed by atoms with Gasteiger partial charge in [-0.2, -0.15) is 0 Å². The standard InChI is InChI=1S/C23H25N5O2S/c1-16-24-22(18-15-19(31-23(18)25-16)17-5-3-2-4-6-17)27-12-9-26(10-13-27)11-14-28-20(29)7-8-21(28)30/h2-6,15H,7-14H2,1H3. The molecule has 0 aliphatic carbocycles. The van der Waals surface area contributed by atoms with Crippen LogP contribution in [-0.4, -0.2) is 70.9 Å². The number of thiophene rings is 1. The molecule has 2 aromatic heterocycles. The van der Waals surface area contributed by atoms with Crippen molar-refractivity contribution < 1.29 is 9.59 Å². The molecule has 2 aliphatic heterocycles. The first-order valence-electron chi connectivity index (χ1n) is 10.7. The van der Waals surface area contributed by atoms with E-state index in [1.54, 1.807) is 11.3 Å². The first-order chi connectivity index (χ1) is 15.1. The van der Waals surface area contributed by atoms with Crippen LogP contribution in [-0.2, 0) is 9.59 Å². The Morgan fingerprint density at radius 3 is 2.35 bits per heavy atom. The summed E-state index contributed by atoms with van der Waals surface area (Å²) >= 11 is 1.71. The normalized spacial score (nSPS) is 17.8. The van der Waals surface area contributed by atoms with Gasteiger partial charge in [0, 0.05) is 57.0 Å². The number of piperazine rings is 1. The highest BCUT2D eigenvalue weighted by atomic mass is 32.1. The number of carbonyl (C=O) groups excluding carboxylic acids is 2. The van der Waals surface area contributed by atoms with Crippen LogP contribution in [0.4, 0.5) is 5.82 Å². The zero-order chi connectivity index (χ0) is 21.4. The van der Waals surface area contributed by atoms with E-state index in [-0.39, 0.29) is 11.8 Å². The van der Waals surface area contributed by atoms with Crippen molar-refractivity contribution in [3.63, 3.8) is 0 Å². The Labute approximate surface area is 185 Å². The Bertz CT molecular complexity index is 1110. The van der Waals surface area contributed by atoms with Crippen molar-refractivity contribution in [1.82, 2.24) is 19.8 Å². The summed E-state index contributed by atoms with van der Waals surface area (Å²) in [6.07, 6.45) is 0.725. The molecule has 3 aromatic rings. The number of aryl methyl sites for hydroxylation is 1. The van der Waals surface area contributed by atoms with Crippen LogP contribution in [0, 0.1) is 6.92 Å². The van der Waals surface area contributed by atoms with Crippen molar-refractivity contribution in [3.05, 3.63) is 42.2 Å². The lowest BCUT2D eigenvalue weighted by atomic mass is 10.2. The van der Waals surface area contributed by atoms with Gasteiger partial charge in [-0.1, -0.05) is 30.3 Å². The van der Waals surface area contributed by atoms with Gasteiger partial charge in [0.05, 0.1) is 5.39 Å². The predicted octanol–water partition coefficient (Wildman–Crippen LogP) is 2.94. The van der Waals surface area contributed by atoms with Gasteiger partial charge in [-0.25, -0.2) is 9.97 Å². The van der Waals surface area contributed by atoms with Crippen molar-refractivity contribution in [2.75, 3.05) is 44.2 Å². The number of carbonyl (C=O) groups is 2. The minimum atomic E-state index is -0.0332. The van der Waals surface area contributed by atoms with E-state index in [4.69, 9.17) is 4.98 Å². The average molecular weight is 436 g/mol. The molecule has 5 rings (SSSR count). The van der Waals surface area contributed by atoms with E-state index in [9.17, 15) is 9.59 Å². The fourth-order valence-electron chi connectivity index (χ4n) is 4.29. The third-order valence-electron chi connectivity index (χ3n) is 6.01. The Morgan fingerprint density at radius 1 is 0.935 bits per heavy atom. The lowest BCUT2D eigenvalue weighted by Crippen LogP contribution is -2.49. The summed E-state index contributed by atoms with van der Waals surface area (Å²) in [6, 6.07) is 12.6. The quantitative estimate of drug-likeness (QED) is 0.574.